The zero-order valence-electron chi connectivity index (χ0n) is 18.2. The predicted octanol–water partition coefficient (Wildman–Crippen LogP) is 8.54. The topological polar surface area (TPSA) is 0 Å². The Bertz CT molecular complexity index is 290. The summed E-state index contributed by atoms with van der Waals surface area (Å²) in [6.45, 7) is 25.9. The SMILES string of the molecule is C.CC.CC(C)C.CC(C)C.CC(C)c1cccc(C(C)C)c1.[B]. The highest BCUT2D eigenvalue weighted by atomic mass is 14.1. The highest BCUT2D eigenvalue weighted by Gasteiger charge is 2.02. The van der Waals surface area contributed by atoms with Crippen LogP contribution in [-0.2, 0) is 0 Å². The van der Waals surface area contributed by atoms with Crippen LogP contribution >= 0.6 is 0 Å². The Kier molecular flexibility index (Phi) is 32.1. The van der Waals surface area contributed by atoms with E-state index in [1.165, 1.54) is 11.1 Å². The summed E-state index contributed by atoms with van der Waals surface area (Å²) in [5, 5.41) is 0. The molecule has 0 N–H and O–H groups in total. The average Bonchev–Trinajstić information content (AvgIpc) is 2.40. The average molecular weight is 335 g/mol. The lowest BCUT2D eigenvalue weighted by Gasteiger charge is -2.09. The highest BCUT2D eigenvalue weighted by Crippen LogP contribution is 2.20. The van der Waals surface area contributed by atoms with Crippen LogP contribution in [0.25, 0.3) is 0 Å². The lowest BCUT2D eigenvalue weighted by molar-refractivity contribution is 0.736. The molecule has 3 radical (unpaired) electrons. The van der Waals surface area contributed by atoms with Crippen LogP contribution in [0.1, 0.15) is 113 Å². The molecule has 0 aliphatic carbocycles. The fourth-order valence-electron chi connectivity index (χ4n) is 1.28. The third-order valence-corrected chi connectivity index (χ3v) is 2.24. The van der Waals surface area contributed by atoms with E-state index in [1.807, 2.05) is 13.8 Å². The Morgan fingerprint density at radius 1 is 0.583 bits per heavy atom. The van der Waals surface area contributed by atoms with Crippen LogP contribution in [0.3, 0.4) is 0 Å². The van der Waals surface area contributed by atoms with E-state index in [-0.39, 0.29) is 15.8 Å². The molecule has 0 saturated carbocycles. The van der Waals surface area contributed by atoms with Gasteiger partial charge in [0.15, 0.2) is 0 Å². The first-order valence-corrected chi connectivity index (χ1v) is 9.17. The van der Waals surface area contributed by atoms with E-state index in [9.17, 15) is 0 Å². The van der Waals surface area contributed by atoms with Crippen LogP contribution in [0.4, 0.5) is 0 Å². The van der Waals surface area contributed by atoms with Crippen LogP contribution in [-0.4, -0.2) is 8.41 Å². The minimum absolute atomic E-state index is 0. The molecule has 0 bridgehead atoms. The van der Waals surface area contributed by atoms with E-state index in [2.05, 4.69) is 93.5 Å². The first-order valence-electron chi connectivity index (χ1n) is 9.17. The molecular formula is C23H48B. The fraction of sp³-hybridized carbons (Fsp3) is 0.739. The Hall–Kier alpha value is -0.715. The van der Waals surface area contributed by atoms with Crippen molar-refractivity contribution in [2.75, 3.05) is 0 Å². The Labute approximate surface area is 158 Å². The molecule has 0 spiro atoms. The van der Waals surface area contributed by atoms with Crippen molar-refractivity contribution >= 4 is 8.41 Å². The zero-order chi connectivity index (χ0) is 18.3. The van der Waals surface area contributed by atoms with Gasteiger partial charge in [0.2, 0.25) is 0 Å². The number of hydrogen-bond donors (Lipinski definition) is 0. The highest BCUT2D eigenvalue weighted by molar-refractivity contribution is 5.75. The van der Waals surface area contributed by atoms with Gasteiger partial charge in [-0.25, -0.2) is 0 Å². The molecule has 0 aromatic heterocycles. The molecule has 0 atom stereocenters. The van der Waals surface area contributed by atoms with Crippen molar-refractivity contribution < 1.29 is 0 Å². The molecule has 0 heterocycles. The molecule has 0 nitrogen and oxygen atoms in total. The molecule has 0 amide bonds. The molecular weight excluding hydrogens is 287 g/mol. The number of rotatable bonds is 2. The maximum Gasteiger partial charge on any atom is 0 e. The number of benzene rings is 1. The molecule has 1 rings (SSSR count). The summed E-state index contributed by atoms with van der Waals surface area (Å²) in [6.07, 6.45) is 0. The second kappa shape index (κ2) is 22.3. The first kappa shape index (κ1) is 34.6. The Morgan fingerprint density at radius 3 is 0.958 bits per heavy atom. The van der Waals surface area contributed by atoms with E-state index >= 15 is 0 Å². The van der Waals surface area contributed by atoms with Crippen molar-refractivity contribution in [3.63, 3.8) is 0 Å². The molecule has 0 aliphatic rings. The maximum atomic E-state index is 2.31. The molecule has 24 heavy (non-hydrogen) atoms. The largest absolute Gasteiger partial charge is 0.0776 e. The lowest BCUT2D eigenvalue weighted by Crippen LogP contribution is -1.91. The van der Waals surface area contributed by atoms with Gasteiger partial charge in [0.1, 0.15) is 0 Å². The van der Waals surface area contributed by atoms with Gasteiger partial charge in [-0.05, 0) is 34.8 Å². The van der Waals surface area contributed by atoms with Crippen molar-refractivity contribution in [1.29, 1.82) is 0 Å². The summed E-state index contributed by atoms with van der Waals surface area (Å²) in [6, 6.07) is 8.88. The van der Waals surface area contributed by atoms with Crippen LogP contribution in [0, 0.1) is 11.8 Å². The van der Waals surface area contributed by atoms with Gasteiger partial charge in [0.05, 0.1) is 0 Å². The summed E-state index contributed by atoms with van der Waals surface area (Å²) in [5.41, 5.74) is 2.89. The molecule has 143 valence electrons. The van der Waals surface area contributed by atoms with Crippen molar-refractivity contribution in [3.8, 4) is 0 Å². The van der Waals surface area contributed by atoms with Gasteiger partial charge in [-0.3, -0.25) is 0 Å². The van der Waals surface area contributed by atoms with Gasteiger partial charge in [-0.15, -0.1) is 0 Å². The normalized spacial score (nSPS) is 8.83. The van der Waals surface area contributed by atoms with E-state index in [0.29, 0.717) is 11.8 Å². The van der Waals surface area contributed by atoms with E-state index < -0.39 is 0 Å². The molecule has 0 aliphatic heterocycles. The van der Waals surface area contributed by atoms with Crippen molar-refractivity contribution in [2.24, 2.45) is 11.8 Å². The fourth-order valence-corrected chi connectivity index (χ4v) is 1.28. The van der Waals surface area contributed by atoms with Gasteiger partial charge in [-0.1, -0.05) is 115 Å². The predicted molar refractivity (Wildman–Crippen MR) is 119 cm³/mol. The zero-order valence-corrected chi connectivity index (χ0v) is 18.2. The molecule has 1 aromatic carbocycles. The second-order valence-corrected chi connectivity index (χ2v) is 7.44. The second-order valence-electron chi connectivity index (χ2n) is 7.44. The van der Waals surface area contributed by atoms with Gasteiger partial charge < -0.3 is 0 Å². The summed E-state index contributed by atoms with van der Waals surface area (Å²) in [5.74, 6) is 2.95. The van der Waals surface area contributed by atoms with E-state index in [1.54, 1.807) is 0 Å². The molecule has 0 unspecified atom stereocenters. The smallest absolute Gasteiger partial charge is 0 e. The van der Waals surface area contributed by atoms with Crippen LogP contribution in [0.2, 0.25) is 0 Å². The van der Waals surface area contributed by atoms with Gasteiger partial charge in [0.25, 0.3) is 0 Å². The monoisotopic (exact) mass is 335 g/mol. The van der Waals surface area contributed by atoms with Crippen molar-refractivity contribution in [3.05, 3.63) is 35.4 Å². The summed E-state index contributed by atoms with van der Waals surface area (Å²) in [4.78, 5) is 0. The standard InChI is InChI=1S/C12H18.2C4H10.C2H6.CH4.B/c1-9(2)11-6-5-7-12(8-11)10(3)4;2*1-4(2)3;1-2;;/h5-10H,1-4H3;2*4H,1-3H3;1-2H3;1H4;. The minimum atomic E-state index is 0. The van der Waals surface area contributed by atoms with E-state index in [4.69, 9.17) is 0 Å². The first-order chi connectivity index (χ1) is 10.1. The van der Waals surface area contributed by atoms with Crippen molar-refractivity contribution in [2.45, 2.75) is 102 Å². The van der Waals surface area contributed by atoms with Crippen LogP contribution in [0.15, 0.2) is 24.3 Å². The number of hydrogen-bond acceptors (Lipinski definition) is 0. The van der Waals surface area contributed by atoms with Gasteiger partial charge in [0, 0.05) is 8.41 Å². The van der Waals surface area contributed by atoms with Crippen LogP contribution < -0.4 is 0 Å². The van der Waals surface area contributed by atoms with Crippen molar-refractivity contribution in [1.82, 2.24) is 0 Å². The maximum absolute atomic E-state index is 2.31. The molecule has 1 aromatic rings. The van der Waals surface area contributed by atoms with Gasteiger partial charge in [-0.2, -0.15) is 0 Å². The third-order valence-electron chi connectivity index (χ3n) is 2.24. The summed E-state index contributed by atoms with van der Waals surface area (Å²) < 4.78 is 0. The Morgan fingerprint density at radius 2 is 0.792 bits per heavy atom. The Balaban J connectivity index is -0.0000000852. The summed E-state index contributed by atoms with van der Waals surface area (Å²) >= 11 is 0. The van der Waals surface area contributed by atoms with Crippen LogP contribution in [0.5, 0.6) is 0 Å². The van der Waals surface area contributed by atoms with Gasteiger partial charge >= 0.3 is 0 Å². The third kappa shape index (κ3) is 29.3. The lowest BCUT2D eigenvalue weighted by atomic mass is 9.96. The minimum Gasteiger partial charge on any atom is -0.0776 e. The quantitative estimate of drug-likeness (QED) is 0.475. The molecule has 0 fully saturated rings. The molecule has 0 saturated heterocycles. The van der Waals surface area contributed by atoms with E-state index in [0.717, 1.165) is 11.8 Å². The molecule has 1 heteroatoms. The summed E-state index contributed by atoms with van der Waals surface area (Å²) in [7, 11) is 0.